The van der Waals surface area contributed by atoms with Crippen LogP contribution in [-0.2, 0) is 9.63 Å². The molecule has 1 rings (SSSR count). The number of carbonyl (C=O) groups excluding carboxylic acids is 1. The molecule has 1 saturated heterocycles. The molecule has 1 aliphatic heterocycles. The average molecular weight is 86.1 g/mol. The van der Waals surface area contributed by atoms with E-state index in [1.54, 1.807) is 0 Å². The molecule has 1 radical (unpaired) electrons. The van der Waals surface area contributed by atoms with Crippen molar-refractivity contribution in [3.05, 3.63) is 0 Å². The van der Waals surface area contributed by atoms with Crippen LogP contribution in [0.4, 0.5) is 0 Å². The van der Waals surface area contributed by atoms with Gasteiger partial charge in [0.2, 0.25) is 0 Å². The maximum absolute atomic E-state index is 9.93. The van der Waals surface area contributed by atoms with Crippen LogP contribution < -0.4 is 5.48 Å². The highest BCUT2D eigenvalue weighted by Crippen LogP contribution is 1.90. The van der Waals surface area contributed by atoms with E-state index in [-0.39, 0.29) is 5.97 Å². The smallest absolute Gasteiger partial charge is 0.328 e. The molecular weight excluding hydrogens is 82.0 g/mol. The summed E-state index contributed by atoms with van der Waals surface area (Å²) in [5.74, 6) is -0.213. The maximum atomic E-state index is 9.93. The van der Waals surface area contributed by atoms with Crippen molar-refractivity contribution in [3.63, 3.8) is 0 Å². The van der Waals surface area contributed by atoms with Crippen LogP contribution in [0.5, 0.6) is 0 Å². The second kappa shape index (κ2) is 1.26. The lowest BCUT2D eigenvalue weighted by molar-refractivity contribution is -0.143. The largest absolute Gasteiger partial charge is 0.350 e. The van der Waals surface area contributed by atoms with Crippen molar-refractivity contribution in [1.82, 2.24) is 5.48 Å². The van der Waals surface area contributed by atoms with Gasteiger partial charge in [0.15, 0.2) is 0 Å². The molecule has 0 saturated carbocycles. The Labute approximate surface area is 35.2 Å². The van der Waals surface area contributed by atoms with Crippen molar-refractivity contribution in [2.24, 2.45) is 0 Å². The summed E-state index contributed by atoms with van der Waals surface area (Å²) in [6, 6.07) is 0. The first kappa shape index (κ1) is 3.61. The van der Waals surface area contributed by atoms with Gasteiger partial charge in [-0.3, -0.25) is 4.79 Å². The van der Waals surface area contributed by atoms with Crippen molar-refractivity contribution in [3.8, 4) is 0 Å². The van der Waals surface area contributed by atoms with E-state index in [0.29, 0.717) is 13.0 Å². The SMILES string of the molecule is O=C1CC[N]O1. The molecule has 0 aromatic rings. The molecular formula is C3H4NO2. The Bertz CT molecular complexity index is 63.2. The van der Waals surface area contributed by atoms with Gasteiger partial charge in [-0.05, 0) is 5.48 Å². The molecule has 0 unspecified atom stereocenters. The van der Waals surface area contributed by atoms with Crippen LogP contribution in [0.25, 0.3) is 0 Å². The third-order valence-electron chi connectivity index (χ3n) is 0.574. The lowest BCUT2D eigenvalue weighted by Crippen LogP contribution is -1.94. The summed E-state index contributed by atoms with van der Waals surface area (Å²) in [6.07, 6.45) is 0.458. The van der Waals surface area contributed by atoms with Gasteiger partial charge in [-0.25, -0.2) is 0 Å². The van der Waals surface area contributed by atoms with Crippen LogP contribution in [0.3, 0.4) is 0 Å². The summed E-state index contributed by atoms with van der Waals surface area (Å²) in [5.41, 5.74) is 3.31. The van der Waals surface area contributed by atoms with Crippen LogP contribution in [0.15, 0.2) is 0 Å². The molecule has 1 fully saturated rings. The molecule has 0 aromatic carbocycles. The molecule has 0 bridgehead atoms. The van der Waals surface area contributed by atoms with Crippen molar-refractivity contribution < 1.29 is 9.63 Å². The van der Waals surface area contributed by atoms with E-state index in [0.717, 1.165) is 0 Å². The second-order valence-corrected chi connectivity index (χ2v) is 1.07. The standard InChI is InChI=1S/C3H4NO2/c5-3-1-2-4-6-3/h1-2H2. The quantitative estimate of drug-likeness (QED) is 0.397. The Morgan fingerprint density at radius 1 is 1.83 bits per heavy atom. The summed E-state index contributed by atoms with van der Waals surface area (Å²) < 4.78 is 0. The summed E-state index contributed by atoms with van der Waals surface area (Å²) in [6.45, 7) is 0.541. The van der Waals surface area contributed by atoms with Crippen molar-refractivity contribution in [2.45, 2.75) is 6.42 Å². The number of hydrogen-bond donors (Lipinski definition) is 0. The van der Waals surface area contributed by atoms with Gasteiger partial charge in [0.1, 0.15) is 0 Å². The molecule has 0 N–H and O–H groups in total. The van der Waals surface area contributed by atoms with Gasteiger partial charge in [-0.2, -0.15) is 0 Å². The minimum absolute atomic E-state index is 0.213. The first-order valence-corrected chi connectivity index (χ1v) is 1.76. The molecule has 3 heteroatoms. The monoisotopic (exact) mass is 86.0 g/mol. The van der Waals surface area contributed by atoms with E-state index in [9.17, 15) is 4.79 Å². The average Bonchev–Trinajstić information content (AvgIpc) is 1.86. The summed E-state index contributed by atoms with van der Waals surface area (Å²) >= 11 is 0. The highest BCUT2D eigenvalue weighted by Gasteiger charge is 2.10. The Hall–Kier alpha value is -0.570. The topological polar surface area (TPSA) is 40.4 Å². The Balaban J connectivity index is 2.37. The third kappa shape index (κ3) is 0.490. The third-order valence-corrected chi connectivity index (χ3v) is 0.574. The van der Waals surface area contributed by atoms with Crippen molar-refractivity contribution in [2.75, 3.05) is 6.54 Å². The van der Waals surface area contributed by atoms with E-state index in [2.05, 4.69) is 10.3 Å². The number of hydroxylamine groups is 1. The van der Waals surface area contributed by atoms with E-state index >= 15 is 0 Å². The number of carbonyl (C=O) groups is 1. The van der Waals surface area contributed by atoms with E-state index in [4.69, 9.17) is 0 Å². The molecule has 0 atom stereocenters. The number of rotatable bonds is 0. The number of hydrogen-bond acceptors (Lipinski definition) is 2. The fourth-order valence-corrected chi connectivity index (χ4v) is 0.300. The van der Waals surface area contributed by atoms with E-state index < -0.39 is 0 Å². The summed E-state index contributed by atoms with van der Waals surface area (Å²) in [4.78, 5) is 14.1. The Kier molecular flexibility index (Phi) is 0.759. The Morgan fingerprint density at radius 3 is 2.83 bits per heavy atom. The predicted octanol–water partition coefficient (Wildman–Crippen LogP) is -0.547. The molecule has 6 heavy (non-hydrogen) atoms. The summed E-state index contributed by atoms with van der Waals surface area (Å²) in [7, 11) is 0. The zero-order chi connectivity index (χ0) is 4.41. The van der Waals surface area contributed by atoms with E-state index in [1.807, 2.05) is 0 Å². The Morgan fingerprint density at radius 2 is 2.67 bits per heavy atom. The highest BCUT2D eigenvalue weighted by molar-refractivity contribution is 5.70. The molecule has 1 heterocycles. The molecule has 33 valence electrons. The molecule has 0 amide bonds. The zero-order valence-electron chi connectivity index (χ0n) is 3.18. The van der Waals surface area contributed by atoms with Crippen LogP contribution >= 0.6 is 0 Å². The lowest BCUT2D eigenvalue weighted by Gasteiger charge is -1.77. The first-order chi connectivity index (χ1) is 2.89. The van der Waals surface area contributed by atoms with Gasteiger partial charge < -0.3 is 4.84 Å². The lowest BCUT2D eigenvalue weighted by atomic mass is 10.5. The van der Waals surface area contributed by atoms with Gasteiger partial charge in [0, 0.05) is 0 Å². The van der Waals surface area contributed by atoms with Gasteiger partial charge >= 0.3 is 5.97 Å². The molecule has 1 aliphatic rings. The normalized spacial score (nSPS) is 21.0. The zero-order valence-corrected chi connectivity index (χ0v) is 3.18. The second-order valence-electron chi connectivity index (χ2n) is 1.07. The van der Waals surface area contributed by atoms with Gasteiger partial charge in [0.25, 0.3) is 0 Å². The minimum Gasteiger partial charge on any atom is -0.350 e. The minimum atomic E-state index is -0.213. The molecule has 3 nitrogen and oxygen atoms in total. The highest BCUT2D eigenvalue weighted by atomic mass is 16.7. The fourth-order valence-electron chi connectivity index (χ4n) is 0.300. The van der Waals surface area contributed by atoms with Crippen LogP contribution in [0.1, 0.15) is 6.42 Å². The van der Waals surface area contributed by atoms with Crippen molar-refractivity contribution >= 4 is 5.97 Å². The number of nitrogens with zero attached hydrogens (tertiary/aromatic N) is 1. The van der Waals surface area contributed by atoms with Gasteiger partial charge in [-0.15, -0.1) is 0 Å². The van der Waals surface area contributed by atoms with E-state index in [1.165, 1.54) is 0 Å². The van der Waals surface area contributed by atoms with Crippen LogP contribution in [0, 0.1) is 0 Å². The molecule has 0 aliphatic carbocycles. The fraction of sp³-hybridized carbons (Fsp3) is 0.667. The van der Waals surface area contributed by atoms with Gasteiger partial charge in [0.05, 0.1) is 13.0 Å². The molecule has 0 aromatic heterocycles. The molecule has 0 spiro atoms. The first-order valence-electron chi connectivity index (χ1n) is 1.76. The predicted molar refractivity (Wildman–Crippen MR) is 17.7 cm³/mol. The van der Waals surface area contributed by atoms with Crippen molar-refractivity contribution in [1.29, 1.82) is 0 Å². The maximum Gasteiger partial charge on any atom is 0.328 e. The summed E-state index contributed by atoms with van der Waals surface area (Å²) in [5, 5.41) is 0. The van der Waals surface area contributed by atoms with Crippen LogP contribution in [0.2, 0.25) is 0 Å². The van der Waals surface area contributed by atoms with Gasteiger partial charge in [-0.1, -0.05) is 0 Å². The van der Waals surface area contributed by atoms with Crippen LogP contribution in [-0.4, -0.2) is 12.5 Å².